The molecule has 2 aromatic carbocycles. The van der Waals surface area contributed by atoms with Crippen molar-refractivity contribution in [1.82, 2.24) is 4.98 Å². The molecular formula is C23H19N3O3. The summed E-state index contributed by atoms with van der Waals surface area (Å²) < 4.78 is 6.02. The number of aromatic hydroxyl groups is 1. The molecular weight excluding hydrogens is 366 g/mol. The number of amides is 1. The first-order valence-electron chi connectivity index (χ1n) is 9.47. The highest BCUT2D eigenvalue weighted by Crippen LogP contribution is 2.45. The maximum absolute atomic E-state index is 13.5. The summed E-state index contributed by atoms with van der Waals surface area (Å²) in [5.41, 5.74) is 4.13. The van der Waals surface area contributed by atoms with Crippen LogP contribution in [-0.2, 0) is 16.1 Å². The van der Waals surface area contributed by atoms with E-state index >= 15 is 0 Å². The molecule has 2 aliphatic rings. The minimum Gasteiger partial charge on any atom is -0.506 e. The number of aryl methyl sites for hydroxylation is 1. The molecule has 0 aliphatic carbocycles. The van der Waals surface area contributed by atoms with Crippen LogP contribution in [0.3, 0.4) is 0 Å². The predicted molar refractivity (Wildman–Crippen MR) is 109 cm³/mol. The van der Waals surface area contributed by atoms with Crippen LogP contribution in [0.4, 0.5) is 5.69 Å². The third-order valence-corrected chi connectivity index (χ3v) is 5.41. The quantitative estimate of drug-likeness (QED) is 0.745. The van der Waals surface area contributed by atoms with Crippen LogP contribution in [0, 0.1) is 12.8 Å². The summed E-state index contributed by atoms with van der Waals surface area (Å²) in [5, 5.41) is 16.8. The molecule has 1 aromatic heterocycles. The summed E-state index contributed by atoms with van der Waals surface area (Å²) >= 11 is 0. The van der Waals surface area contributed by atoms with Crippen molar-refractivity contribution in [3.05, 3.63) is 89.2 Å². The minimum absolute atomic E-state index is 0.0865. The lowest BCUT2D eigenvalue weighted by molar-refractivity contribution is -0.123. The molecule has 0 spiro atoms. The highest BCUT2D eigenvalue weighted by molar-refractivity contribution is 6.22. The van der Waals surface area contributed by atoms with Crippen molar-refractivity contribution in [1.29, 1.82) is 0 Å². The molecule has 1 amide bonds. The standard InChI is InChI=1S/C23H19N3O3/c1-14-21(27)18-16(12-24-14)13-29-22(18)19-20(15-8-4-2-5-9-15)25-26(23(19)28)17-10-6-3-7-11-17/h2-12,19,22,27H,13H2,1H3. The topological polar surface area (TPSA) is 75.0 Å². The number of nitrogens with zero attached hydrogens (tertiary/aromatic N) is 3. The van der Waals surface area contributed by atoms with Gasteiger partial charge in [0.15, 0.2) is 0 Å². The molecule has 144 valence electrons. The minimum atomic E-state index is -0.661. The first kappa shape index (κ1) is 17.6. The molecule has 3 aromatic rings. The van der Waals surface area contributed by atoms with Crippen LogP contribution >= 0.6 is 0 Å². The van der Waals surface area contributed by atoms with Gasteiger partial charge in [0, 0.05) is 17.3 Å². The first-order chi connectivity index (χ1) is 14.1. The van der Waals surface area contributed by atoms with E-state index in [4.69, 9.17) is 4.74 Å². The number of ether oxygens (including phenoxy) is 1. The van der Waals surface area contributed by atoms with Gasteiger partial charge < -0.3 is 9.84 Å². The predicted octanol–water partition coefficient (Wildman–Crippen LogP) is 3.73. The second kappa shape index (κ2) is 6.83. The third kappa shape index (κ3) is 2.80. The Hall–Kier alpha value is -3.51. The van der Waals surface area contributed by atoms with E-state index in [0.29, 0.717) is 29.3 Å². The van der Waals surface area contributed by atoms with Gasteiger partial charge in [0.05, 0.1) is 23.7 Å². The second-order valence-corrected chi connectivity index (χ2v) is 7.18. The number of carbonyl (C=O) groups excluding carboxylic acids is 1. The lowest BCUT2D eigenvalue weighted by atomic mass is 9.87. The van der Waals surface area contributed by atoms with Crippen LogP contribution < -0.4 is 5.01 Å². The van der Waals surface area contributed by atoms with Gasteiger partial charge in [-0.15, -0.1) is 0 Å². The molecule has 0 saturated carbocycles. The van der Waals surface area contributed by atoms with E-state index in [-0.39, 0.29) is 11.7 Å². The number of rotatable bonds is 3. The van der Waals surface area contributed by atoms with Gasteiger partial charge in [-0.3, -0.25) is 9.78 Å². The molecule has 0 fully saturated rings. The van der Waals surface area contributed by atoms with Gasteiger partial charge in [-0.05, 0) is 24.6 Å². The van der Waals surface area contributed by atoms with Gasteiger partial charge in [0.25, 0.3) is 5.91 Å². The van der Waals surface area contributed by atoms with Gasteiger partial charge in [-0.25, -0.2) is 0 Å². The Bertz CT molecular complexity index is 1110. The number of para-hydroxylation sites is 1. The molecule has 0 radical (unpaired) electrons. The van der Waals surface area contributed by atoms with Crippen molar-refractivity contribution in [2.75, 3.05) is 5.01 Å². The first-order valence-corrected chi connectivity index (χ1v) is 9.47. The van der Waals surface area contributed by atoms with E-state index < -0.39 is 12.0 Å². The molecule has 6 heteroatoms. The summed E-state index contributed by atoms with van der Waals surface area (Å²) in [7, 11) is 0. The van der Waals surface area contributed by atoms with Gasteiger partial charge in [0.1, 0.15) is 17.8 Å². The molecule has 6 nitrogen and oxygen atoms in total. The van der Waals surface area contributed by atoms with E-state index in [1.54, 1.807) is 13.1 Å². The fourth-order valence-corrected chi connectivity index (χ4v) is 3.95. The number of hydrogen-bond donors (Lipinski definition) is 1. The van der Waals surface area contributed by atoms with Crippen molar-refractivity contribution < 1.29 is 14.6 Å². The van der Waals surface area contributed by atoms with Crippen LogP contribution in [0.1, 0.15) is 28.5 Å². The highest BCUT2D eigenvalue weighted by atomic mass is 16.5. The molecule has 2 atom stereocenters. The summed E-state index contributed by atoms with van der Waals surface area (Å²) in [5.74, 6) is -0.753. The molecule has 0 bridgehead atoms. The van der Waals surface area contributed by atoms with Crippen molar-refractivity contribution in [2.45, 2.75) is 19.6 Å². The van der Waals surface area contributed by atoms with Crippen LogP contribution in [0.5, 0.6) is 5.75 Å². The van der Waals surface area contributed by atoms with Crippen LogP contribution in [-0.4, -0.2) is 21.7 Å². The summed E-state index contributed by atoms with van der Waals surface area (Å²) in [6.45, 7) is 2.04. The number of benzene rings is 2. The van der Waals surface area contributed by atoms with E-state index in [0.717, 1.165) is 11.1 Å². The number of anilines is 1. The van der Waals surface area contributed by atoms with E-state index in [2.05, 4.69) is 10.1 Å². The number of aromatic nitrogens is 1. The lowest BCUT2D eigenvalue weighted by Gasteiger charge is -2.21. The number of fused-ring (bicyclic) bond motifs is 1. The largest absolute Gasteiger partial charge is 0.506 e. The monoisotopic (exact) mass is 385 g/mol. The molecule has 29 heavy (non-hydrogen) atoms. The summed E-state index contributed by atoms with van der Waals surface area (Å²) in [6, 6.07) is 19.0. The Morgan fingerprint density at radius 2 is 1.76 bits per heavy atom. The van der Waals surface area contributed by atoms with E-state index in [1.165, 1.54) is 5.01 Å². The van der Waals surface area contributed by atoms with Crippen LogP contribution in [0.25, 0.3) is 0 Å². The van der Waals surface area contributed by atoms with Gasteiger partial charge in [-0.1, -0.05) is 48.5 Å². The Kier molecular flexibility index (Phi) is 4.14. The Balaban J connectivity index is 1.64. The zero-order valence-electron chi connectivity index (χ0n) is 15.8. The normalized spacial score (nSPS) is 20.7. The Morgan fingerprint density at radius 3 is 2.48 bits per heavy atom. The fourth-order valence-electron chi connectivity index (χ4n) is 3.95. The molecule has 1 N–H and O–H groups in total. The number of carbonyl (C=O) groups is 1. The lowest BCUT2D eigenvalue weighted by Crippen LogP contribution is -2.32. The number of pyridine rings is 1. The Morgan fingerprint density at radius 1 is 1.07 bits per heavy atom. The maximum atomic E-state index is 13.5. The van der Waals surface area contributed by atoms with Crippen molar-refractivity contribution in [3.63, 3.8) is 0 Å². The summed E-state index contributed by atoms with van der Waals surface area (Å²) in [4.78, 5) is 17.7. The molecule has 2 unspecified atom stereocenters. The van der Waals surface area contributed by atoms with Crippen molar-refractivity contribution in [2.24, 2.45) is 11.0 Å². The van der Waals surface area contributed by atoms with Gasteiger partial charge >= 0.3 is 0 Å². The highest BCUT2D eigenvalue weighted by Gasteiger charge is 2.47. The maximum Gasteiger partial charge on any atom is 0.259 e. The van der Waals surface area contributed by atoms with Crippen LogP contribution in [0.15, 0.2) is 72.0 Å². The number of hydrazone groups is 1. The zero-order valence-corrected chi connectivity index (χ0v) is 15.8. The molecule has 3 heterocycles. The SMILES string of the molecule is Cc1ncc2c(c1O)C(C1C(=O)N(c3ccccc3)N=C1c1ccccc1)OC2. The third-order valence-electron chi connectivity index (χ3n) is 5.41. The van der Waals surface area contributed by atoms with Crippen LogP contribution in [0.2, 0.25) is 0 Å². The second-order valence-electron chi connectivity index (χ2n) is 7.18. The molecule has 0 saturated heterocycles. The average Bonchev–Trinajstić information content (AvgIpc) is 3.33. The van der Waals surface area contributed by atoms with Crippen molar-refractivity contribution in [3.8, 4) is 5.75 Å². The molecule has 5 rings (SSSR count). The van der Waals surface area contributed by atoms with E-state index in [9.17, 15) is 9.90 Å². The number of hydrogen-bond acceptors (Lipinski definition) is 5. The van der Waals surface area contributed by atoms with Gasteiger partial charge in [0.2, 0.25) is 0 Å². The summed E-state index contributed by atoms with van der Waals surface area (Å²) in [6.07, 6.45) is 1.09. The Labute approximate surface area is 168 Å². The van der Waals surface area contributed by atoms with Gasteiger partial charge in [-0.2, -0.15) is 10.1 Å². The molecule has 2 aliphatic heterocycles. The van der Waals surface area contributed by atoms with E-state index in [1.807, 2.05) is 60.7 Å². The fraction of sp³-hybridized carbons (Fsp3) is 0.174. The zero-order chi connectivity index (χ0) is 20.0. The smallest absolute Gasteiger partial charge is 0.259 e. The average molecular weight is 385 g/mol. The van der Waals surface area contributed by atoms with Crippen molar-refractivity contribution >= 4 is 17.3 Å².